The Morgan fingerprint density at radius 3 is 2.67 bits per heavy atom. The highest BCUT2D eigenvalue weighted by Gasteiger charge is 2.21. The van der Waals surface area contributed by atoms with Crippen LogP contribution in [0.15, 0.2) is 48.5 Å². The number of ether oxygens (including phenoxy) is 1. The van der Waals surface area contributed by atoms with Crippen molar-refractivity contribution in [1.82, 2.24) is 5.32 Å². The second-order valence-electron chi connectivity index (χ2n) is 4.99. The lowest BCUT2D eigenvalue weighted by atomic mass is 10.1. The molecule has 1 aliphatic rings. The Bertz CT molecular complexity index is 637. The van der Waals surface area contributed by atoms with Gasteiger partial charge in [-0.15, -0.1) is 0 Å². The van der Waals surface area contributed by atoms with Crippen molar-refractivity contribution < 1.29 is 9.53 Å². The van der Waals surface area contributed by atoms with Crippen molar-refractivity contribution in [2.75, 3.05) is 25.1 Å². The molecular formula is C17H18N2O2. The highest BCUT2D eigenvalue weighted by atomic mass is 16.5. The van der Waals surface area contributed by atoms with Crippen LogP contribution in [0, 0.1) is 0 Å². The second-order valence-corrected chi connectivity index (χ2v) is 4.99. The number of amides is 1. The van der Waals surface area contributed by atoms with E-state index in [9.17, 15) is 4.79 Å². The monoisotopic (exact) mass is 282 g/mol. The molecule has 2 aromatic rings. The summed E-state index contributed by atoms with van der Waals surface area (Å²) in [6, 6.07) is 15.3. The van der Waals surface area contributed by atoms with E-state index in [0.717, 1.165) is 30.1 Å². The molecule has 1 N–H and O–H groups in total. The van der Waals surface area contributed by atoms with Crippen molar-refractivity contribution in [3.8, 4) is 5.75 Å². The van der Waals surface area contributed by atoms with E-state index in [-0.39, 0.29) is 5.91 Å². The number of benzene rings is 2. The van der Waals surface area contributed by atoms with Gasteiger partial charge in [-0.1, -0.05) is 18.2 Å². The van der Waals surface area contributed by atoms with E-state index in [1.165, 1.54) is 0 Å². The molecule has 3 rings (SSSR count). The Morgan fingerprint density at radius 2 is 1.90 bits per heavy atom. The Labute approximate surface area is 124 Å². The van der Waals surface area contributed by atoms with Gasteiger partial charge < -0.3 is 15.0 Å². The maximum atomic E-state index is 12.8. The van der Waals surface area contributed by atoms with Gasteiger partial charge in [0.15, 0.2) is 0 Å². The van der Waals surface area contributed by atoms with Gasteiger partial charge in [0.2, 0.25) is 0 Å². The number of fused-ring (bicyclic) bond motifs is 1. The molecule has 0 aliphatic carbocycles. The van der Waals surface area contributed by atoms with Gasteiger partial charge in [0.05, 0.1) is 7.11 Å². The highest BCUT2D eigenvalue weighted by Crippen LogP contribution is 2.24. The molecule has 0 bridgehead atoms. The van der Waals surface area contributed by atoms with E-state index >= 15 is 0 Å². The number of carbonyl (C=O) groups excluding carboxylic acids is 1. The van der Waals surface area contributed by atoms with Gasteiger partial charge in [-0.2, -0.15) is 0 Å². The first-order valence-corrected chi connectivity index (χ1v) is 7.04. The molecule has 0 atom stereocenters. The fourth-order valence-electron chi connectivity index (χ4n) is 2.56. The minimum absolute atomic E-state index is 0.0220. The van der Waals surface area contributed by atoms with Gasteiger partial charge in [0, 0.05) is 30.9 Å². The lowest BCUT2D eigenvalue weighted by molar-refractivity contribution is 0.0987. The van der Waals surface area contributed by atoms with Crippen molar-refractivity contribution in [3.05, 3.63) is 59.7 Å². The normalized spacial score (nSPS) is 14.2. The summed E-state index contributed by atoms with van der Waals surface area (Å²) in [5.74, 6) is 0.776. The standard InChI is InChI=1S/C17H18N2O2/c1-21-15-8-6-13(7-9-15)17(20)19-11-10-18-12-14-4-2-3-5-16(14)19/h2-9,18H,10-12H2,1H3. The first-order chi connectivity index (χ1) is 10.3. The van der Waals surface area contributed by atoms with E-state index in [0.29, 0.717) is 12.1 Å². The number of anilines is 1. The van der Waals surface area contributed by atoms with Crippen molar-refractivity contribution in [1.29, 1.82) is 0 Å². The van der Waals surface area contributed by atoms with Crippen LogP contribution in [-0.2, 0) is 6.54 Å². The third kappa shape index (κ3) is 2.76. The molecule has 0 fully saturated rings. The van der Waals surface area contributed by atoms with Crippen molar-refractivity contribution >= 4 is 11.6 Å². The molecule has 21 heavy (non-hydrogen) atoms. The molecule has 2 aromatic carbocycles. The molecule has 4 nitrogen and oxygen atoms in total. The molecule has 1 aliphatic heterocycles. The zero-order valence-corrected chi connectivity index (χ0v) is 12.0. The second kappa shape index (κ2) is 5.97. The fourth-order valence-corrected chi connectivity index (χ4v) is 2.56. The lowest BCUT2D eigenvalue weighted by Gasteiger charge is -2.22. The first kappa shape index (κ1) is 13.6. The molecule has 0 saturated heterocycles. The summed E-state index contributed by atoms with van der Waals surface area (Å²) in [5.41, 5.74) is 2.81. The Balaban J connectivity index is 1.93. The highest BCUT2D eigenvalue weighted by molar-refractivity contribution is 6.06. The SMILES string of the molecule is COc1ccc(C(=O)N2CCNCc3ccccc32)cc1. The molecule has 1 amide bonds. The summed E-state index contributed by atoms with van der Waals surface area (Å²) >= 11 is 0. The quantitative estimate of drug-likeness (QED) is 0.920. The van der Waals surface area contributed by atoms with Crippen LogP contribution in [0.25, 0.3) is 0 Å². The first-order valence-electron chi connectivity index (χ1n) is 7.04. The molecule has 4 heteroatoms. The fraction of sp³-hybridized carbons (Fsp3) is 0.235. The summed E-state index contributed by atoms with van der Waals surface area (Å²) in [6.45, 7) is 2.25. The minimum atomic E-state index is 0.0220. The summed E-state index contributed by atoms with van der Waals surface area (Å²) in [4.78, 5) is 14.6. The molecule has 0 unspecified atom stereocenters. The van der Waals surface area contributed by atoms with Crippen LogP contribution >= 0.6 is 0 Å². The lowest BCUT2D eigenvalue weighted by Crippen LogP contribution is -2.34. The Morgan fingerprint density at radius 1 is 1.14 bits per heavy atom. The molecule has 0 saturated carbocycles. The number of carbonyl (C=O) groups is 1. The third-order valence-corrected chi connectivity index (χ3v) is 3.69. The predicted octanol–water partition coefficient (Wildman–Crippen LogP) is 2.45. The topological polar surface area (TPSA) is 41.6 Å². The van der Waals surface area contributed by atoms with Crippen molar-refractivity contribution in [3.63, 3.8) is 0 Å². The van der Waals surface area contributed by atoms with Crippen LogP contribution in [-0.4, -0.2) is 26.1 Å². The van der Waals surface area contributed by atoms with E-state index in [2.05, 4.69) is 11.4 Å². The van der Waals surface area contributed by atoms with Gasteiger partial charge in [-0.25, -0.2) is 0 Å². The van der Waals surface area contributed by atoms with Gasteiger partial charge in [-0.3, -0.25) is 4.79 Å². The maximum absolute atomic E-state index is 12.8. The predicted molar refractivity (Wildman–Crippen MR) is 82.8 cm³/mol. The number of rotatable bonds is 2. The number of hydrogen-bond acceptors (Lipinski definition) is 3. The van der Waals surface area contributed by atoms with Crippen LogP contribution in [0.1, 0.15) is 15.9 Å². The van der Waals surface area contributed by atoms with E-state index in [1.54, 1.807) is 7.11 Å². The Kier molecular flexibility index (Phi) is 3.88. The van der Waals surface area contributed by atoms with Gasteiger partial charge in [-0.05, 0) is 35.9 Å². The molecular weight excluding hydrogens is 264 g/mol. The average molecular weight is 282 g/mol. The van der Waals surface area contributed by atoms with Crippen LogP contribution in [0.2, 0.25) is 0 Å². The van der Waals surface area contributed by atoms with Gasteiger partial charge >= 0.3 is 0 Å². The summed E-state index contributed by atoms with van der Waals surface area (Å²) in [7, 11) is 1.62. The number of para-hydroxylation sites is 1. The smallest absolute Gasteiger partial charge is 0.258 e. The van der Waals surface area contributed by atoms with Gasteiger partial charge in [0.25, 0.3) is 5.91 Å². The summed E-state index contributed by atoms with van der Waals surface area (Å²) in [5, 5.41) is 3.34. The average Bonchev–Trinajstić information content (AvgIpc) is 2.77. The third-order valence-electron chi connectivity index (χ3n) is 3.69. The minimum Gasteiger partial charge on any atom is -0.497 e. The number of hydrogen-bond donors (Lipinski definition) is 1. The van der Waals surface area contributed by atoms with E-state index in [4.69, 9.17) is 4.74 Å². The van der Waals surface area contributed by atoms with Crippen LogP contribution < -0.4 is 15.0 Å². The van der Waals surface area contributed by atoms with E-state index < -0.39 is 0 Å². The number of nitrogens with zero attached hydrogens (tertiary/aromatic N) is 1. The molecule has 0 aromatic heterocycles. The molecule has 108 valence electrons. The molecule has 1 heterocycles. The maximum Gasteiger partial charge on any atom is 0.258 e. The van der Waals surface area contributed by atoms with Crippen LogP contribution in [0.3, 0.4) is 0 Å². The van der Waals surface area contributed by atoms with Crippen LogP contribution in [0.5, 0.6) is 5.75 Å². The Hall–Kier alpha value is -2.33. The summed E-state index contributed by atoms with van der Waals surface area (Å²) in [6.07, 6.45) is 0. The molecule has 0 radical (unpaired) electrons. The van der Waals surface area contributed by atoms with Crippen molar-refractivity contribution in [2.24, 2.45) is 0 Å². The van der Waals surface area contributed by atoms with Crippen molar-refractivity contribution in [2.45, 2.75) is 6.54 Å². The number of nitrogens with one attached hydrogen (secondary N) is 1. The zero-order chi connectivity index (χ0) is 14.7. The zero-order valence-electron chi connectivity index (χ0n) is 12.0. The largest absolute Gasteiger partial charge is 0.497 e. The van der Waals surface area contributed by atoms with Crippen LogP contribution in [0.4, 0.5) is 5.69 Å². The van der Waals surface area contributed by atoms with E-state index in [1.807, 2.05) is 47.4 Å². The number of methoxy groups -OCH3 is 1. The molecule has 0 spiro atoms. The van der Waals surface area contributed by atoms with Gasteiger partial charge in [0.1, 0.15) is 5.75 Å². The summed E-state index contributed by atoms with van der Waals surface area (Å²) < 4.78 is 5.14.